The van der Waals surface area contributed by atoms with Crippen molar-refractivity contribution in [3.05, 3.63) is 35.9 Å². The number of fused-ring (bicyclic) bond motifs is 5. The molecule has 31 heavy (non-hydrogen) atoms. The van der Waals surface area contributed by atoms with Gasteiger partial charge < -0.3 is 20.1 Å². The van der Waals surface area contributed by atoms with Gasteiger partial charge in [0.2, 0.25) is 11.8 Å². The molecule has 4 atom stereocenters. The standard InChI is InChI=1S/C23H30N4O4/c1-4-24-23(26-13-14-5-8-17(30-2)18(11-14)31-3)25-9-10-27-21(28)19-15-6-7-16(12-15)20(19)22(27)29/h5-8,11,15-16,19-20H,4,9-10,12-13H2,1-3H3,(H2,24,25,26). The third kappa shape index (κ3) is 3.98. The van der Waals surface area contributed by atoms with Gasteiger partial charge in [0, 0.05) is 19.6 Å². The van der Waals surface area contributed by atoms with Crippen LogP contribution in [0.3, 0.4) is 0 Å². The first-order chi connectivity index (χ1) is 15.1. The van der Waals surface area contributed by atoms with E-state index in [0.29, 0.717) is 43.6 Å². The van der Waals surface area contributed by atoms with Crippen LogP contribution < -0.4 is 20.1 Å². The van der Waals surface area contributed by atoms with Gasteiger partial charge in [-0.05, 0) is 42.9 Å². The van der Waals surface area contributed by atoms with Crippen molar-refractivity contribution in [1.29, 1.82) is 0 Å². The first-order valence-electron chi connectivity index (χ1n) is 10.8. The largest absolute Gasteiger partial charge is 0.493 e. The zero-order chi connectivity index (χ0) is 22.0. The maximum atomic E-state index is 12.8. The number of nitrogens with zero attached hydrogens (tertiary/aromatic N) is 2. The molecule has 2 amide bonds. The second kappa shape index (κ2) is 8.99. The Labute approximate surface area is 182 Å². The van der Waals surface area contributed by atoms with Gasteiger partial charge in [0.05, 0.1) is 32.6 Å². The van der Waals surface area contributed by atoms with Crippen LogP contribution >= 0.6 is 0 Å². The van der Waals surface area contributed by atoms with Gasteiger partial charge in [-0.1, -0.05) is 18.2 Å². The van der Waals surface area contributed by atoms with Gasteiger partial charge >= 0.3 is 0 Å². The van der Waals surface area contributed by atoms with Crippen LogP contribution in [-0.4, -0.2) is 56.5 Å². The number of amides is 2. The molecule has 0 radical (unpaired) electrons. The third-order valence-electron chi connectivity index (χ3n) is 6.40. The van der Waals surface area contributed by atoms with E-state index in [0.717, 1.165) is 12.0 Å². The van der Waals surface area contributed by atoms with E-state index in [2.05, 4.69) is 27.8 Å². The Morgan fingerprint density at radius 3 is 2.35 bits per heavy atom. The summed E-state index contributed by atoms with van der Waals surface area (Å²) in [6, 6.07) is 5.69. The molecular weight excluding hydrogens is 396 g/mol. The Balaban J connectivity index is 1.34. The van der Waals surface area contributed by atoms with Gasteiger partial charge in [-0.15, -0.1) is 0 Å². The summed E-state index contributed by atoms with van der Waals surface area (Å²) < 4.78 is 10.6. The number of likely N-dealkylation sites (tertiary alicyclic amines) is 1. The molecule has 3 aliphatic rings. The highest BCUT2D eigenvalue weighted by Gasteiger charge is 2.58. The predicted molar refractivity (Wildman–Crippen MR) is 117 cm³/mol. The van der Waals surface area contributed by atoms with Crippen LogP contribution in [0.15, 0.2) is 35.3 Å². The van der Waals surface area contributed by atoms with Crippen molar-refractivity contribution >= 4 is 17.8 Å². The molecule has 2 aliphatic carbocycles. The van der Waals surface area contributed by atoms with Crippen molar-refractivity contribution in [2.45, 2.75) is 19.9 Å². The molecule has 1 saturated carbocycles. The minimum atomic E-state index is -0.144. The van der Waals surface area contributed by atoms with Crippen LogP contribution in [0.5, 0.6) is 11.5 Å². The molecule has 4 unspecified atom stereocenters. The number of imide groups is 1. The van der Waals surface area contributed by atoms with E-state index in [1.54, 1.807) is 14.2 Å². The Hall–Kier alpha value is -3.03. The van der Waals surface area contributed by atoms with Crippen molar-refractivity contribution in [1.82, 2.24) is 15.5 Å². The summed E-state index contributed by atoms with van der Waals surface area (Å²) in [4.78, 5) is 31.6. The van der Waals surface area contributed by atoms with Crippen molar-refractivity contribution < 1.29 is 19.1 Å². The maximum Gasteiger partial charge on any atom is 0.233 e. The Morgan fingerprint density at radius 2 is 1.74 bits per heavy atom. The number of rotatable bonds is 8. The summed E-state index contributed by atoms with van der Waals surface area (Å²) in [5.74, 6) is 2.14. The van der Waals surface area contributed by atoms with E-state index >= 15 is 0 Å². The SMILES string of the molecule is CCNC(=NCc1ccc(OC)c(OC)c1)NCCN1C(=O)C2C3C=CC(C3)C2C1=O. The fraction of sp³-hybridized carbons (Fsp3) is 0.522. The van der Waals surface area contributed by atoms with Crippen LogP contribution in [0, 0.1) is 23.7 Å². The first kappa shape index (κ1) is 21.2. The summed E-state index contributed by atoms with van der Waals surface area (Å²) in [6.07, 6.45) is 5.18. The van der Waals surface area contributed by atoms with Crippen molar-refractivity contribution in [2.24, 2.45) is 28.7 Å². The average molecular weight is 427 g/mol. The number of methoxy groups -OCH3 is 2. The van der Waals surface area contributed by atoms with Gasteiger partial charge in [0.15, 0.2) is 17.5 Å². The number of hydrogen-bond donors (Lipinski definition) is 2. The molecule has 0 aromatic heterocycles. The molecule has 2 fully saturated rings. The van der Waals surface area contributed by atoms with E-state index in [1.165, 1.54) is 4.90 Å². The number of carbonyl (C=O) groups excluding carboxylic acids is 2. The van der Waals surface area contributed by atoms with Gasteiger partial charge in [-0.2, -0.15) is 0 Å². The molecule has 166 valence electrons. The lowest BCUT2D eigenvalue weighted by molar-refractivity contribution is -0.140. The van der Waals surface area contributed by atoms with Crippen molar-refractivity contribution in [3.63, 3.8) is 0 Å². The van der Waals surface area contributed by atoms with Gasteiger partial charge in [0.25, 0.3) is 0 Å². The predicted octanol–water partition coefficient (Wildman–Crippen LogP) is 1.57. The molecule has 4 rings (SSSR count). The lowest BCUT2D eigenvalue weighted by Crippen LogP contribution is -2.43. The second-order valence-corrected chi connectivity index (χ2v) is 8.14. The molecule has 1 aliphatic heterocycles. The topological polar surface area (TPSA) is 92.3 Å². The van der Waals surface area contributed by atoms with E-state index < -0.39 is 0 Å². The minimum Gasteiger partial charge on any atom is -0.493 e. The molecule has 8 nitrogen and oxygen atoms in total. The molecule has 2 bridgehead atoms. The zero-order valence-corrected chi connectivity index (χ0v) is 18.3. The Kier molecular flexibility index (Phi) is 6.15. The minimum absolute atomic E-state index is 0.0130. The molecule has 1 aromatic carbocycles. The molecule has 1 saturated heterocycles. The second-order valence-electron chi connectivity index (χ2n) is 8.14. The molecule has 8 heteroatoms. The summed E-state index contributed by atoms with van der Waals surface area (Å²) in [6.45, 7) is 3.96. The number of guanidine groups is 1. The molecular formula is C23H30N4O4. The monoisotopic (exact) mass is 426 g/mol. The highest BCUT2D eigenvalue weighted by Crippen LogP contribution is 2.52. The number of ether oxygens (including phenoxy) is 2. The van der Waals surface area contributed by atoms with Gasteiger partial charge in [-0.25, -0.2) is 4.99 Å². The lowest BCUT2D eigenvalue weighted by Gasteiger charge is -2.18. The van der Waals surface area contributed by atoms with Gasteiger partial charge in [0.1, 0.15) is 0 Å². The van der Waals surface area contributed by atoms with E-state index in [1.807, 2.05) is 25.1 Å². The maximum absolute atomic E-state index is 12.8. The summed E-state index contributed by atoms with van der Waals surface area (Å²) >= 11 is 0. The van der Waals surface area contributed by atoms with Crippen LogP contribution in [0.4, 0.5) is 0 Å². The molecule has 0 spiro atoms. The fourth-order valence-corrected chi connectivity index (χ4v) is 4.96. The highest BCUT2D eigenvalue weighted by atomic mass is 16.5. The summed E-state index contributed by atoms with van der Waals surface area (Å²) in [5, 5.41) is 6.44. The first-order valence-corrected chi connectivity index (χ1v) is 10.8. The Bertz CT molecular complexity index is 883. The number of hydrogen-bond acceptors (Lipinski definition) is 5. The molecule has 1 aromatic rings. The average Bonchev–Trinajstić information content (AvgIpc) is 3.47. The third-order valence-corrected chi connectivity index (χ3v) is 6.40. The Morgan fingerprint density at radius 1 is 1.06 bits per heavy atom. The number of allylic oxidation sites excluding steroid dienone is 2. The zero-order valence-electron chi connectivity index (χ0n) is 18.3. The lowest BCUT2D eigenvalue weighted by atomic mass is 9.85. The molecule has 2 N–H and O–H groups in total. The quantitative estimate of drug-likeness (QED) is 0.284. The fourth-order valence-electron chi connectivity index (χ4n) is 4.96. The van der Waals surface area contributed by atoms with E-state index in [9.17, 15) is 9.59 Å². The highest BCUT2D eigenvalue weighted by molar-refractivity contribution is 6.06. The summed E-state index contributed by atoms with van der Waals surface area (Å²) in [7, 11) is 3.21. The van der Waals surface area contributed by atoms with Crippen LogP contribution in [-0.2, 0) is 16.1 Å². The number of nitrogens with one attached hydrogen (secondary N) is 2. The number of carbonyl (C=O) groups is 2. The van der Waals surface area contributed by atoms with Gasteiger partial charge in [-0.3, -0.25) is 14.5 Å². The van der Waals surface area contributed by atoms with Crippen LogP contribution in [0.1, 0.15) is 18.9 Å². The molecule has 1 heterocycles. The number of aliphatic imine (C=N–C) groups is 1. The van der Waals surface area contributed by atoms with Crippen molar-refractivity contribution in [3.8, 4) is 11.5 Å². The van der Waals surface area contributed by atoms with Crippen LogP contribution in [0.2, 0.25) is 0 Å². The van der Waals surface area contributed by atoms with Crippen molar-refractivity contribution in [2.75, 3.05) is 33.9 Å². The number of benzene rings is 1. The van der Waals surface area contributed by atoms with E-state index in [4.69, 9.17) is 9.47 Å². The van der Waals surface area contributed by atoms with E-state index in [-0.39, 0.29) is 35.5 Å². The van der Waals surface area contributed by atoms with Crippen LogP contribution in [0.25, 0.3) is 0 Å². The summed E-state index contributed by atoms with van der Waals surface area (Å²) in [5.41, 5.74) is 0.982. The smallest absolute Gasteiger partial charge is 0.233 e. The normalized spacial score (nSPS) is 26.4.